The van der Waals surface area contributed by atoms with E-state index in [1.165, 1.54) is 12.1 Å². The summed E-state index contributed by atoms with van der Waals surface area (Å²) in [5.74, 6) is -3.04. The molecule has 1 heterocycles. The Morgan fingerprint density at radius 1 is 1.32 bits per heavy atom. The third-order valence-corrected chi connectivity index (χ3v) is 3.52. The first-order chi connectivity index (χ1) is 10.4. The van der Waals surface area contributed by atoms with E-state index in [1.807, 2.05) is 6.92 Å². The van der Waals surface area contributed by atoms with Crippen LogP contribution in [0.4, 0.5) is 4.39 Å². The van der Waals surface area contributed by atoms with E-state index >= 15 is 0 Å². The Morgan fingerprint density at radius 3 is 2.59 bits per heavy atom. The fourth-order valence-corrected chi connectivity index (χ4v) is 2.27. The molecule has 0 bridgehead atoms. The predicted octanol–water partition coefficient (Wildman–Crippen LogP) is 2.27. The summed E-state index contributed by atoms with van der Waals surface area (Å²) < 4.78 is 29.6. The molecule has 1 saturated heterocycles. The summed E-state index contributed by atoms with van der Waals surface area (Å²) in [4.78, 5) is 23.1. The molecule has 1 aromatic carbocycles. The predicted molar refractivity (Wildman–Crippen MR) is 76.0 cm³/mol. The van der Waals surface area contributed by atoms with Gasteiger partial charge in [-0.15, -0.1) is 0 Å². The smallest absolute Gasteiger partial charge is 0.379 e. The Balaban J connectivity index is 2.03. The van der Waals surface area contributed by atoms with Crippen molar-refractivity contribution in [2.75, 3.05) is 19.8 Å². The molecule has 0 atom stereocenters. The van der Waals surface area contributed by atoms with Gasteiger partial charge in [-0.2, -0.15) is 0 Å². The van der Waals surface area contributed by atoms with E-state index in [-0.39, 0.29) is 12.2 Å². The van der Waals surface area contributed by atoms with Gasteiger partial charge in [0.1, 0.15) is 5.82 Å². The van der Waals surface area contributed by atoms with Gasteiger partial charge < -0.3 is 14.2 Å². The van der Waals surface area contributed by atoms with Crippen LogP contribution in [-0.4, -0.2) is 37.4 Å². The molecule has 0 spiro atoms. The number of hydrogen-bond donors (Lipinski definition) is 0. The molecule has 1 aromatic rings. The van der Waals surface area contributed by atoms with Crippen LogP contribution < -0.4 is 0 Å². The first kappa shape index (κ1) is 16.6. The van der Waals surface area contributed by atoms with Crippen LogP contribution >= 0.6 is 0 Å². The van der Waals surface area contributed by atoms with Gasteiger partial charge in [0.15, 0.2) is 5.79 Å². The van der Waals surface area contributed by atoms with E-state index < -0.39 is 23.4 Å². The van der Waals surface area contributed by atoms with Gasteiger partial charge in [0.25, 0.3) is 5.78 Å². The molecule has 0 saturated carbocycles. The van der Waals surface area contributed by atoms with Gasteiger partial charge in [0.2, 0.25) is 0 Å². The molecule has 1 aliphatic heterocycles. The van der Waals surface area contributed by atoms with Crippen LogP contribution in [0, 0.1) is 5.82 Å². The molecule has 1 fully saturated rings. The Hall–Kier alpha value is -1.79. The summed E-state index contributed by atoms with van der Waals surface area (Å²) in [6.45, 7) is 4.58. The van der Waals surface area contributed by atoms with Gasteiger partial charge in [0.05, 0.1) is 19.8 Å². The maximum atomic E-state index is 14.1. The normalized spacial score (nSPS) is 16.5. The third-order valence-electron chi connectivity index (χ3n) is 3.52. The molecular weight excluding hydrogens is 291 g/mol. The lowest BCUT2D eigenvalue weighted by atomic mass is 10.0. The summed E-state index contributed by atoms with van der Waals surface area (Å²) in [5.41, 5.74) is 0.431. The minimum Gasteiger partial charge on any atom is -0.460 e. The van der Waals surface area contributed by atoms with Gasteiger partial charge in [0, 0.05) is 12.0 Å². The van der Waals surface area contributed by atoms with Crippen molar-refractivity contribution in [3.05, 3.63) is 35.1 Å². The highest BCUT2D eigenvalue weighted by Crippen LogP contribution is 2.25. The highest BCUT2D eigenvalue weighted by atomic mass is 19.1. The summed E-state index contributed by atoms with van der Waals surface area (Å²) in [5, 5.41) is 0. The summed E-state index contributed by atoms with van der Waals surface area (Å²) in [6.07, 6.45) is 0.922. The van der Waals surface area contributed by atoms with Gasteiger partial charge in [-0.25, -0.2) is 9.18 Å². The van der Waals surface area contributed by atoms with Crippen LogP contribution in [-0.2, 0) is 25.4 Å². The van der Waals surface area contributed by atoms with Crippen molar-refractivity contribution >= 4 is 11.8 Å². The fourth-order valence-electron chi connectivity index (χ4n) is 2.27. The fraction of sp³-hybridized carbons (Fsp3) is 0.500. The number of aryl methyl sites for hydroxylation is 1. The number of hydrogen-bond acceptors (Lipinski definition) is 5. The number of carbonyl (C=O) groups excluding carboxylic acids is 2. The van der Waals surface area contributed by atoms with Crippen molar-refractivity contribution in [3.63, 3.8) is 0 Å². The number of benzene rings is 1. The highest BCUT2D eigenvalue weighted by molar-refractivity contribution is 6.40. The van der Waals surface area contributed by atoms with E-state index in [2.05, 4.69) is 4.74 Å². The highest BCUT2D eigenvalue weighted by Gasteiger charge is 2.30. The van der Waals surface area contributed by atoms with Crippen LogP contribution in [0.3, 0.4) is 0 Å². The molecule has 0 radical (unpaired) electrons. The van der Waals surface area contributed by atoms with Crippen molar-refractivity contribution in [3.8, 4) is 0 Å². The van der Waals surface area contributed by atoms with Gasteiger partial charge in [-0.3, -0.25) is 4.79 Å². The second-order valence-corrected chi connectivity index (χ2v) is 5.19. The molecule has 1 aliphatic rings. The minimum atomic E-state index is -0.977. The maximum Gasteiger partial charge on any atom is 0.379 e. The molecule has 0 N–H and O–H groups in total. The minimum absolute atomic E-state index is 0.0146. The van der Waals surface area contributed by atoms with Crippen LogP contribution in [0.15, 0.2) is 18.2 Å². The number of halogens is 1. The number of rotatable bonds is 6. The molecule has 0 aromatic heterocycles. The average molecular weight is 310 g/mol. The number of ether oxygens (including phenoxy) is 3. The van der Waals surface area contributed by atoms with Crippen molar-refractivity contribution in [1.29, 1.82) is 0 Å². The van der Waals surface area contributed by atoms with E-state index in [0.717, 1.165) is 6.07 Å². The van der Waals surface area contributed by atoms with Crippen LogP contribution in [0.1, 0.15) is 36.2 Å². The zero-order valence-corrected chi connectivity index (χ0v) is 12.7. The molecule has 0 aliphatic carbocycles. The first-order valence-corrected chi connectivity index (χ1v) is 7.23. The van der Waals surface area contributed by atoms with Crippen LogP contribution in [0.5, 0.6) is 0 Å². The van der Waals surface area contributed by atoms with Crippen molar-refractivity contribution in [2.45, 2.75) is 32.5 Å². The lowest BCUT2D eigenvalue weighted by Gasteiger charge is -2.22. The first-order valence-electron chi connectivity index (χ1n) is 7.23. The lowest BCUT2D eigenvalue weighted by Crippen LogP contribution is -2.26. The van der Waals surface area contributed by atoms with E-state index in [4.69, 9.17) is 9.47 Å². The number of esters is 1. The van der Waals surface area contributed by atoms with Crippen LogP contribution in [0.25, 0.3) is 0 Å². The van der Waals surface area contributed by atoms with Crippen molar-refractivity contribution in [1.82, 2.24) is 0 Å². The number of carbonyl (C=O) groups is 2. The number of ketones is 1. The monoisotopic (exact) mass is 310 g/mol. The molecule has 0 unspecified atom stereocenters. The molecule has 120 valence electrons. The Morgan fingerprint density at radius 2 is 2.00 bits per heavy atom. The van der Waals surface area contributed by atoms with Crippen molar-refractivity contribution < 1.29 is 28.2 Å². The lowest BCUT2D eigenvalue weighted by molar-refractivity contribution is -0.146. The SMILES string of the molecule is CCOC(=O)C(=O)c1ccc(CCC2(C)OCCO2)c(F)c1. The second-order valence-electron chi connectivity index (χ2n) is 5.19. The summed E-state index contributed by atoms with van der Waals surface area (Å²) in [7, 11) is 0. The Labute approximate surface area is 128 Å². The van der Waals surface area contributed by atoms with Gasteiger partial charge in [-0.05, 0) is 31.9 Å². The molecular formula is C16H19FO5. The van der Waals surface area contributed by atoms with E-state index in [0.29, 0.717) is 31.6 Å². The topological polar surface area (TPSA) is 61.8 Å². The zero-order chi connectivity index (χ0) is 16.2. The standard InChI is InChI=1S/C16H19FO5/c1-3-20-15(19)14(18)12-5-4-11(13(17)10-12)6-7-16(2)21-8-9-22-16/h4-5,10H,3,6-9H2,1-2H3. The van der Waals surface area contributed by atoms with E-state index in [1.54, 1.807) is 6.92 Å². The van der Waals surface area contributed by atoms with E-state index in [9.17, 15) is 14.0 Å². The quantitative estimate of drug-likeness (QED) is 0.458. The second kappa shape index (κ2) is 6.98. The molecule has 2 rings (SSSR count). The van der Waals surface area contributed by atoms with Gasteiger partial charge in [-0.1, -0.05) is 12.1 Å². The zero-order valence-electron chi connectivity index (χ0n) is 12.7. The molecule has 5 nitrogen and oxygen atoms in total. The molecule has 22 heavy (non-hydrogen) atoms. The molecule has 6 heteroatoms. The summed E-state index contributed by atoms with van der Waals surface area (Å²) in [6, 6.07) is 3.99. The van der Waals surface area contributed by atoms with Crippen LogP contribution in [0.2, 0.25) is 0 Å². The Bertz CT molecular complexity index is 564. The Kier molecular flexibility index (Phi) is 5.26. The molecule has 0 amide bonds. The summed E-state index contributed by atoms with van der Waals surface area (Å²) >= 11 is 0. The maximum absolute atomic E-state index is 14.1. The average Bonchev–Trinajstić information content (AvgIpc) is 2.92. The number of Topliss-reactive ketones (excluding diaryl/α,β-unsaturated/α-hetero) is 1. The van der Waals surface area contributed by atoms with Crippen molar-refractivity contribution in [2.24, 2.45) is 0 Å². The van der Waals surface area contributed by atoms with Gasteiger partial charge >= 0.3 is 5.97 Å². The third kappa shape index (κ3) is 3.90. The largest absolute Gasteiger partial charge is 0.460 e.